The highest BCUT2D eigenvalue weighted by atomic mass is 16.3. The summed E-state index contributed by atoms with van der Waals surface area (Å²) < 4.78 is 0. The lowest BCUT2D eigenvalue weighted by molar-refractivity contribution is -0.126. The molecule has 2 unspecified atom stereocenters. The zero-order valence-corrected chi connectivity index (χ0v) is 11.8. The van der Waals surface area contributed by atoms with Crippen molar-refractivity contribution in [1.29, 1.82) is 0 Å². The van der Waals surface area contributed by atoms with Gasteiger partial charge in [0.25, 0.3) is 0 Å². The SMILES string of the molecule is NCC1CCC(C(=O)NCC2CCCCC2O)CC1. The lowest BCUT2D eigenvalue weighted by Crippen LogP contribution is -2.40. The third-order valence-electron chi connectivity index (χ3n) is 4.96. The van der Waals surface area contributed by atoms with Crippen LogP contribution in [0.5, 0.6) is 0 Å². The van der Waals surface area contributed by atoms with Crippen LogP contribution in [0.1, 0.15) is 51.4 Å². The van der Waals surface area contributed by atoms with Crippen molar-refractivity contribution >= 4 is 5.91 Å². The number of nitrogens with one attached hydrogen (secondary N) is 1. The van der Waals surface area contributed by atoms with Crippen molar-refractivity contribution in [2.24, 2.45) is 23.5 Å². The smallest absolute Gasteiger partial charge is 0.223 e. The largest absolute Gasteiger partial charge is 0.393 e. The quantitative estimate of drug-likeness (QED) is 0.722. The molecule has 19 heavy (non-hydrogen) atoms. The number of aliphatic hydroxyl groups is 1. The van der Waals surface area contributed by atoms with Gasteiger partial charge in [0.2, 0.25) is 5.91 Å². The van der Waals surface area contributed by atoms with Crippen molar-refractivity contribution in [3.63, 3.8) is 0 Å². The molecule has 2 saturated carbocycles. The standard InChI is InChI=1S/C15H28N2O2/c16-9-11-5-7-12(8-6-11)15(19)17-10-13-3-1-2-4-14(13)18/h11-14,18H,1-10,16H2,(H,17,19). The highest BCUT2D eigenvalue weighted by Crippen LogP contribution is 2.28. The third kappa shape index (κ3) is 4.18. The molecule has 2 aliphatic carbocycles. The van der Waals surface area contributed by atoms with E-state index in [-0.39, 0.29) is 23.8 Å². The Balaban J connectivity index is 1.69. The van der Waals surface area contributed by atoms with E-state index < -0.39 is 0 Å². The van der Waals surface area contributed by atoms with E-state index in [0.29, 0.717) is 12.5 Å². The molecule has 0 aromatic rings. The van der Waals surface area contributed by atoms with Gasteiger partial charge in [-0.1, -0.05) is 12.8 Å². The molecule has 110 valence electrons. The van der Waals surface area contributed by atoms with Crippen molar-refractivity contribution in [1.82, 2.24) is 5.32 Å². The number of rotatable bonds is 4. The fraction of sp³-hybridized carbons (Fsp3) is 0.933. The lowest BCUT2D eigenvalue weighted by atomic mass is 9.81. The van der Waals surface area contributed by atoms with Crippen molar-refractivity contribution in [3.8, 4) is 0 Å². The van der Waals surface area contributed by atoms with Crippen LogP contribution in [0, 0.1) is 17.8 Å². The molecular weight excluding hydrogens is 240 g/mol. The monoisotopic (exact) mass is 268 g/mol. The van der Waals surface area contributed by atoms with E-state index in [0.717, 1.165) is 51.5 Å². The second-order valence-electron chi connectivity index (χ2n) is 6.31. The molecule has 0 bridgehead atoms. The average Bonchev–Trinajstić information content (AvgIpc) is 2.46. The molecule has 4 nitrogen and oxygen atoms in total. The first kappa shape index (κ1) is 14.8. The predicted octanol–water partition coefficient (Wildman–Crippen LogP) is 1.42. The highest BCUT2D eigenvalue weighted by Gasteiger charge is 2.27. The number of nitrogens with two attached hydrogens (primary N) is 1. The van der Waals surface area contributed by atoms with Gasteiger partial charge in [0.1, 0.15) is 0 Å². The maximum Gasteiger partial charge on any atom is 0.223 e. The Hall–Kier alpha value is -0.610. The van der Waals surface area contributed by atoms with Gasteiger partial charge in [-0.25, -0.2) is 0 Å². The van der Waals surface area contributed by atoms with Crippen LogP contribution in [0.3, 0.4) is 0 Å². The Labute approximate surface area is 116 Å². The molecule has 0 aromatic heterocycles. The first-order chi connectivity index (χ1) is 9.20. The summed E-state index contributed by atoms with van der Waals surface area (Å²) in [6, 6.07) is 0. The van der Waals surface area contributed by atoms with Gasteiger partial charge in [0.05, 0.1) is 6.10 Å². The number of aliphatic hydroxyl groups excluding tert-OH is 1. The first-order valence-electron chi connectivity index (χ1n) is 7.86. The van der Waals surface area contributed by atoms with Crippen molar-refractivity contribution in [2.45, 2.75) is 57.5 Å². The topological polar surface area (TPSA) is 75.4 Å². The van der Waals surface area contributed by atoms with Crippen LogP contribution in [-0.2, 0) is 4.79 Å². The van der Waals surface area contributed by atoms with Crippen molar-refractivity contribution < 1.29 is 9.90 Å². The number of carbonyl (C=O) groups is 1. The average molecular weight is 268 g/mol. The van der Waals surface area contributed by atoms with E-state index in [1.807, 2.05) is 0 Å². The first-order valence-corrected chi connectivity index (χ1v) is 7.86. The van der Waals surface area contributed by atoms with Gasteiger partial charge in [0, 0.05) is 18.4 Å². The van der Waals surface area contributed by atoms with E-state index >= 15 is 0 Å². The molecule has 0 aliphatic heterocycles. The number of amides is 1. The van der Waals surface area contributed by atoms with Gasteiger partial charge >= 0.3 is 0 Å². The molecule has 2 fully saturated rings. The Kier molecular flexibility index (Phi) is 5.64. The minimum absolute atomic E-state index is 0.170. The normalized spacial score (nSPS) is 35.9. The van der Waals surface area contributed by atoms with E-state index in [1.165, 1.54) is 6.42 Å². The third-order valence-corrected chi connectivity index (χ3v) is 4.96. The molecule has 1 amide bonds. The number of hydrogen-bond donors (Lipinski definition) is 3. The lowest BCUT2D eigenvalue weighted by Gasteiger charge is -2.30. The fourth-order valence-corrected chi connectivity index (χ4v) is 3.46. The molecule has 0 heterocycles. The number of hydrogen-bond acceptors (Lipinski definition) is 3. The molecule has 2 rings (SSSR count). The Bertz CT molecular complexity index is 288. The van der Waals surface area contributed by atoms with Crippen molar-refractivity contribution in [2.75, 3.05) is 13.1 Å². The minimum atomic E-state index is -0.220. The van der Waals surface area contributed by atoms with Gasteiger partial charge in [-0.3, -0.25) is 4.79 Å². The second-order valence-corrected chi connectivity index (χ2v) is 6.31. The fourth-order valence-electron chi connectivity index (χ4n) is 3.46. The van der Waals surface area contributed by atoms with E-state index in [2.05, 4.69) is 5.32 Å². The zero-order chi connectivity index (χ0) is 13.7. The van der Waals surface area contributed by atoms with Crippen LogP contribution in [0.2, 0.25) is 0 Å². The van der Waals surface area contributed by atoms with Crippen LogP contribution in [0.15, 0.2) is 0 Å². The summed E-state index contributed by atoms with van der Waals surface area (Å²) in [7, 11) is 0. The van der Waals surface area contributed by atoms with Gasteiger partial charge in [-0.15, -0.1) is 0 Å². The van der Waals surface area contributed by atoms with Gasteiger partial charge in [0.15, 0.2) is 0 Å². The molecule has 4 N–H and O–H groups in total. The Morgan fingerprint density at radius 2 is 1.79 bits per heavy atom. The summed E-state index contributed by atoms with van der Waals surface area (Å²) in [6.07, 6.45) is 8.13. The second kappa shape index (κ2) is 7.25. The summed E-state index contributed by atoms with van der Waals surface area (Å²) in [5.74, 6) is 1.24. The van der Waals surface area contributed by atoms with E-state index in [4.69, 9.17) is 5.73 Å². The number of carbonyl (C=O) groups excluding carboxylic acids is 1. The highest BCUT2D eigenvalue weighted by molar-refractivity contribution is 5.78. The summed E-state index contributed by atoms with van der Waals surface area (Å²) in [5.41, 5.74) is 5.67. The van der Waals surface area contributed by atoms with Gasteiger partial charge in [-0.2, -0.15) is 0 Å². The van der Waals surface area contributed by atoms with E-state index in [9.17, 15) is 9.90 Å². The molecule has 0 radical (unpaired) electrons. The maximum atomic E-state index is 12.1. The maximum absolute atomic E-state index is 12.1. The van der Waals surface area contributed by atoms with Crippen molar-refractivity contribution in [3.05, 3.63) is 0 Å². The molecule has 2 aliphatic rings. The van der Waals surface area contributed by atoms with Crippen LogP contribution < -0.4 is 11.1 Å². The molecule has 4 heteroatoms. The van der Waals surface area contributed by atoms with Gasteiger partial charge < -0.3 is 16.2 Å². The van der Waals surface area contributed by atoms with Crippen LogP contribution in [-0.4, -0.2) is 30.2 Å². The summed E-state index contributed by atoms with van der Waals surface area (Å²) in [5, 5.41) is 12.9. The summed E-state index contributed by atoms with van der Waals surface area (Å²) in [6.45, 7) is 1.40. The molecule has 0 saturated heterocycles. The molecule has 0 aromatic carbocycles. The van der Waals surface area contributed by atoms with Gasteiger partial charge in [-0.05, 0) is 51.0 Å². The Morgan fingerprint density at radius 3 is 2.42 bits per heavy atom. The van der Waals surface area contributed by atoms with Crippen LogP contribution in [0.25, 0.3) is 0 Å². The minimum Gasteiger partial charge on any atom is -0.393 e. The zero-order valence-electron chi connectivity index (χ0n) is 11.8. The summed E-state index contributed by atoms with van der Waals surface area (Å²) >= 11 is 0. The Morgan fingerprint density at radius 1 is 1.11 bits per heavy atom. The molecule has 0 spiro atoms. The summed E-state index contributed by atoms with van der Waals surface area (Å²) in [4.78, 5) is 12.1. The van der Waals surface area contributed by atoms with E-state index in [1.54, 1.807) is 0 Å². The molecular formula is C15H28N2O2. The predicted molar refractivity (Wildman–Crippen MR) is 75.5 cm³/mol. The van der Waals surface area contributed by atoms with Crippen LogP contribution in [0.4, 0.5) is 0 Å². The molecule has 2 atom stereocenters. The van der Waals surface area contributed by atoms with Crippen LogP contribution >= 0.6 is 0 Å².